The Morgan fingerprint density at radius 3 is 2.78 bits per heavy atom. The third-order valence-electron chi connectivity index (χ3n) is 5.47. The predicted molar refractivity (Wildman–Crippen MR) is 98.8 cm³/mol. The molecule has 0 saturated carbocycles. The maximum absolute atomic E-state index is 13.4. The van der Waals surface area contributed by atoms with Crippen molar-refractivity contribution >= 4 is 11.8 Å². The topological polar surface area (TPSA) is 67.7 Å². The molecule has 7 heteroatoms. The fourth-order valence-corrected chi connectivity index (χ4v) is 3.99. The van der Waals surface area contributed by atoms with Crippen LogP contribution in [0.4, 0.5) is 0 Å². The lowest BCUT2D eigenvalue weighted by Gasteiger charge is -2.41. The van der Waals surface area contributed by atoms with Gasteiger partial charge in [-0.25, -0.2) is 0 Å². The number of carbonyl (C=O) groups excluding carboxylic acids is 2. The van der Waals surface area contributed by atoms with Crippen molar-refractivity contribution in [1.82, 2.24) is 19.6 Å². The molecule has 0 unspecified atom stereocenters. The second kappa shape index (κ2) is 6.81. The van der Waals surface area contributed by atoms with Gasteiger partial charge >= 0.3 is 0 Å². The van der Waals surface area contributed by atoms with Crippen LogP contribution in [0.25, 0.3) is 0 Å². The molecular weight excluding hydrogens is 344 g/mol. The van der Waals surface area contributed by atoms with Crippen LogP contribution in [0, 0.1) is 13.8 Å². The van der Waals surface area contributed by atoms with E-state index >= 15 is 0 Å². The second-order valence-corrected chi connectivity index (χ2v) is 7.30. The summed E-state index contributed by atoms with van der Waals surface area (Å²) in [5, 5.41) is 4.45. The molecule has 1 aromatic heterocycles. The standard InChI is InChI=1S/C20H24N4O3/c1-13-6-4-5-7-16(13)18-19(27-12-17(25)22(18)3)20(26)23-8-9-24-15(11-23)10-14(2)21-24/h4-7,10,18-19H,8-9,11-12H2,1-3H3/t18-,19+/m1/s1. The van der Waals surface area contributed by atoms with Crippen LogP contribution < -0.4 is 0 Å². The Balaban J connectivity index is 1.63. The van der Waals surface area contributed by atoms with Gasteiger partial charge in [-0.2, -0.15) is 5.10 Å². The lowest BCUT2D eigenvalue weighted by molar-refractivity contribution is -0.168. The van der Waals surface area contributed by atoms with Gasteiger partial charge in [0.2, 0.25) is 5.91 Å². The van der Waals surface area contributed by atoms with Crippen LogP contribution in [0.3, 0.4) is 0 Å². The number of benzene rings is 1. The van der Waals surface area contributed by atoms with Crippen molar-refractivity contribution in [3.63, 3.8) is 0 Å². The zero-order chi connectivity index (χ0) is 19.1. The molecule has 1 aromatic carbocycles. The van der Waals surface area contributed by atoms with Crippen molar-refractivity contribution in [2.45, 2.75) is 39.1 Å². The van der Waals surface area contributed by atoms with Crippen molar-refractivity contribution < 1.29 is 14.3 Å². The molecule has 0 N–H and O–H groups in total. The molecule has 0 spiro atoms. The number of nitrogens with zero attached hydrogens (tertiary/aromatic N) is 4. The number of fused-ring (bicyclic) bond motifs is 1. The maximum atomic E-state index is 13.4. The number of morpholine rings is 1. The molecular formula is C20H24N4O3. The van der Waals surface area contributed by atoms with Crippen LogP contribution in [0.15, 0.2) is 30.3 Å². The van der Waals surface area contributed by atoms with Gasteiger partial charge in [-0.1, -0.05) is 24.3 Å². The molecule has 142 valence electrons. The summed E-state index contributed by atoms with van der Waals surface area (Å²) in [5.41, 5.74) is 3.97. The van der Waals surface area contributed by atoms with Crippen molar-refractivity contribution in [3.05, 3.63) is 52.8 Å². The Morgan fingerprint density at radius 2 is 2.00 bits per heavy atom. The van der Waals surface area contributed by atoms with E-state index in [1.807, 2.05) is 53.8 Å². The number of rotatable bonds is 2. The Morgan fingerprint density at radius 1 is 1.22 bits per heavy atom. The molecule has 4 rings (SSSR count). The van der Waals surface area contributed by atoms with Gasteiger partial charge in [-0.3, -0.25) is 14.3 Å². The van der Waals surface area contributed by atoms with E-state index in [9.17, 15) is 9.59 Å². The van der Waals surface area contributed by atoms with Crippen molar-refractivity contribution in [2.24, 2.45) is 0 Å². The number of amides is 2. The third-order valence-corrected chi connectivity index (χ3v) is 5.47. The molecule has 0 radical (unpaired) electrons. The fourth-order valence-electron chi connectivity index (χ4n) is 3.99. The highest BCUT2D eigenvalue weighted by Crippen LogP contribution is 2.32. The third kappa shape index (κ3) is 3.12. The van der Waals surface area contributed by atoms with Crippen LogP contribution in [0.5, 0.6) is 0 Å². The zero-order valence-electron chi connectivity index (χ0n) is 15.9. The summed E-state index contributed by atoms with van der Waals surface area (Å²) in [4.78, 5) is 29.1. The lowest BCUT2D eigenvalue weighted by atomic mass is 9.93. The minimum atomic E-state index is -0.704. The van der Waals surface area contributed by atoms with Gasteiger partial charge in [0.25, 0.3) is 5.91 Å². The highest BCUT2D eigenvalue weighted by atomic mass is 16.5. The Bertz CT molecular complexity index is 891. The molecule has 1 saturated heterocycles. The first-order valence-corrected chi connectivity index (χ1v) is 9.20. The number of ether oxygens (including phenoxy) is 1. The first kappa shape index (κ1) is 17.7. The van der Waals surface area contributed by atoms with E-state index in [0.717, 1.165) is 22.5 Å². The highest BCUT2D eigenvalue weighted by molar-refractivity contribution is 5.86. The molecule has 2 atom stereocenters. The largest absolute Gasteiger partial charge is 0.356 e. The number of carbonyl (C=O) groups is 2. The van der Waals surface area contributed by atoms with Crippen LogP contribution >= 0.6 is 0 Å². The van der Waals surface area contributed by atoms with Crippen molar-refractivity contribution in [3.8, 4) is 0 Å². The van der Waals surface area contributed by atoms with E-state index in [2.05, 4.69) is 5.10 Å². The molecule has 1 fully saturated rings. The summed E-state index contributed by atoms with van der Waals surface area (Å²) in [7, 11) is 1.75. The van der Waals surface area contributed by atoms with Crippen LogP contribution in [-0.4, -0.2) is 57.7 Å². The smallest absolute Gasteiger partial charge is 0.254 e. The van der Waals surface area contributed by atoms with Gasteiger partial charge in [0.1, 0.15) is 6.61 Å². The summed E-state index contributed by atoms with van der Waals surface area (Å²) in [6.45, 7) is 5.65. The lowest BCUT2D eigenvalue weighted by Crippen LogP contribution is -2.55. The molecule has 2 aliphatic heterocycles. The van der Waals surface area contributed by atoms with E-state index in [1.54, 1.807) is 11.9 Å². The summed E-state index contributed by atoms with van der Waals surface area (Å²) in [5.74, 6) is -0.188. The quantitative estimate of drug-likeness (QED) is 0.805. The number of likely N-dealkylation sites (N-methyl/N-ethyl adjacent to an activating group) is 1. The van der Waals surface area contributed by atoms with E-state index in [-0.39, 0.29) is 18.4 Å². The maximum Gasteiger partial charge on any atom is 0.254 e. The SMILES string of the molecule is Cc1cc2n(n1)CCN(C(=O)[C@H]1OCC(=O)N(C)[C@@H]1c1ccccc1C)C2. The Labute approximate surface area is 158 Å². The second-order valence-electron chi connectivity index (χ2n) is 7.30. The van der Waals surface area contributed by atoms with E-state index in [1.165, 1.54) is 0 Å². The first-order chi connectivity index (χ1) is 13.0. The number of aromatic nitrogens is 2. The van der Waals surface area contributed by atoms with Gasteiger partial charge in [-0.05, 0) is 31.0 Å². The number of hydrogen-bond donors (Lipinski definition) is 0. The minimum Gasteiger partial charge on any atom is -0.356 e. The predicted octanol–water partition coefficient (Wildman–Crippen LogP) is 1.44. The molecule has 27 heavy (non-hydrogen) atoms. The fraction of sp³-hybridized carbons (Fsp3) is 0.450. The van der Waals surface area contributed by atoms with Gasteiger partial charge < -0.3 is 14.5 Å². The summed E-state index contributed by atoms with van der Waals surface area (Å²) >= 11 is 0. The van der Waals surface area contributed by atoms with Gasteiger partial charge in [0.05, 0.1) is 30.5 Å². The monoisotopic (exact) mass is 368 g/mol. The minimum absolute atomic E-state index is 0.0693. The molecule has 2 aliphatic rings. The molecule has 3 heterocycles. The Kier molecular flexibility index (Phi) is 4.47. The first-order valence-electron chi connectivity index (χ1n) is 9.20. The summed E-state index contributed by atoms with van der Waals surface area (Å²) < 4.78 is 7.74. The van der Waals surface area contributed by atoms with Gasteiger partial charge in [0, 0.05) is 13.6 Å². The average Bonchev–Trinajstić information content (AvgIpc) is 3.03. The van der Waals surface area contributed by atoms with Crippen LogP contribution in [0.2, 0.25) is 0 Å². The van der Waals surface area contributed by atoms with Crippen LogP contribution in [0.1, 0.15) is 28.6 Å². The molecule has 7 nitrogen and oxygen atoms in total. The Hall–Kier alpha value is -2.67. The van der Waals surface area contributed by atoms with Gasteiger partial charge in [0.15, 0.2) is 6.10 Å². The summed E-state index contributed by atoms with van der Waals surface area (Å²) in [6, 6.07) is 9.43. The van der Waals surface area contributed by atoms with Gasteiger partial charge in [-0.15, -0.1) is 0 Å². The van der Waals surface area contributed by atoms with E-state index in [0.29, 0.717) is 19.6 Å². The van der Waals surface area contributed by atoms with Crippen molar-refractivity contribution in [2.75, 3.05) is 20.2 Å². The highest BCUT2D eigenvalue weighted by Gasteiger charge is 2.42. The number of hydrogen-bond acceptors (Lipinski definition) is 4. The molecule has 0 aliphatic carbocycles. The van der Waals surface area contributed by atoms with Crippen molar-refractivity contribution in [1.29, 1.82) is 0 Å². The van der Waals surface area contributed by atoms with E-state index < -0.39 is 12.1 Å². The molecule has 0 bridgehead atoms. The summed E-state index contributed by atoms with van der Waals surface area (Å²) in [6.07, 6.45) is -0.704. The normalized spacial score (nSPS) is 22.7. The van der Waals surface area contributed by atoms with E-state index in [4.69, 9.17) is 4.74 Å². The molecule has 2 amide bonds. The number of aryl methyl sites for hydroxylation is 2. The zero-order valence-corrected chi connectivity index (χ0v) is 15.9. The van der Waals surface area contributed by atoms with Crippen LogP contribution in [-0.2, 0) is 27.4 Å². The average molecular weight is 368 g/mol. The molecule has 2 aromatic rings.